The molecule has 6 heteroatoms. The van der Waals surface area contributed by atoms with Crippen LogP contribution in [-0.4, -0.2) is 9.55 Å². The molecule has 1 aliphatic heterocycles. The monoisotopic (exact) mass is 809 g/mol. The molecule has 1 aliphatic carbocycles. The van der Waals surface area contributed by atoms with Crippen molar-refractivity contribution >= 4 is 44.9 Å². The number of hydrogen-bond acceptors (Lipinski definition) is 3. The zero-order chi connectivity index (χ0) is 30.7. The summed E-state index contributed by atoms with van der Waals surface area (Å²) in [5.74, 6) is 3.01. The molecule has 3 heterocycles. The number of para-hydroxylation sites is 1. The number of benzene rings is 5. The first-order valence-electron chi connectivity index (χ1n) is 16.1. The van der Waals surface area contributed by atoms with Crippen LogP contribution in [0.15, 0.2) is 128 Å². The van der Waals surface area contributed by atoms with E-state index in [9.17, 15) is 4.57 Å². The predicted octanol–water partition coefficient (Wildman–Crippen LogP) is 8.96. The van der Waals surface area contributed by atoms with Crippen molar-refractivity contribution in [1.29, 1.82) is 0 Å². The first kappa shape index (κ1) is 30.1. The van der Waals surface area contributed by atoms with Gasteiger partial charge in [0.15, 0.2) is 0 Å². The van der Waals surface area contributed by atoms with Gasteiger partial charge in [0.1, 0.15) is 13.0 Å². The number of aromatic nitrogens is 2. The van der Waals surface area contributed by atoms with Crippen molar-refractivity contribution in [2.45, 2.75) is 37.5 Å². The van der Waals surface area contributed by atoms with Crippen LogP contribution in [0, 0.1) is 12.1 Å². The first-order valence-corrected chi connectivity index (χ1v) is 17.8. The standard InChI is InChI=1S/C41H31N2O2P.Pt/c44-46(30-13-3-1-4-14-30,31-15-5-2-6-16-31)32-17-9-12-28(26-32)45-29-23-24-35-37-21-10-20-36-33-18-7-8-19-34(33)38-22-11-25-42-41(38)43(40(36)37)39(35)27-29;/h1-6,9-17,20-25,33-34H,7-8,18-19H2;/q-2;+2. The molecule has 4 nitrogen and oxygen atoms in total. The minimum atomic E-state index is -3.19. The van der Waals surface area contributed by atoms with E-state index >= 15 is 0 Å². The second-order valence-corrected chi connectivity index (χ2v) is 15.1. The summed E-state index contributed by atoms with van der Waals surface area (Å²) in [6, 6.07) is 47.2. The van der Waals surface area contributed by atoms with Crippen molar-refractivity contribution in [3.8, 4) is 17.3 Å². The smallest absolute Gasteiger partial charge is 0.509 e. The molecule has 0 N–H and O–H groups in total. The van der Waals surface area contributed by atoms with Crippen LogP contribution in [0.1, 0.15) is 48.6 Å². The molecule has 0 amide bonds. The summed E-state index contributed by atoms with van der Waals surface area (Å²) in [5, 5.41) is 4.48. The number of hydrogen-bond donors (Lipinski definition) is 0. The molecule has 1 saturated carbocycles. The number of nitrogens with zero attached hydrogens (tertiary/aromatic N) is 2. The van der Waals surface area contributed by atoms with Crippen molar-refractivity contribution in [2.75, 3.05) is 0 Å². The number of fused-ring (bicyclic) bond motifs is 8. The molecule has 0 spiro atoms. The maximum atomic E-state index is 15.0. The molecule has 0 bridgehead atoms. The van der Waals surface area contributed by atoms with E-state index in [0.717, 1.165) is 27.3 Å². The van der Waals surface area contributed by atoms with Gasteiger partial charge in [0.05, 0.1) is 0 Å². The molecule has 2 unspecified atom stereocenters. The molecule has 2 atom stereocenters. The van der Waals surface area contributed by atoms with Gasteiger partial charge in [-0.25, -0.2) is 4.98 Å². The summed E-state index contributed by atoms with van der Waals surface area (Å²) in [6.07, 6.45) is 6.79. The van der Waals surface area contributed by atoms with Gasteiger partial charge in [-0.2, -0.15) is 18.2 Å². The Labute approximate surface area is 289 Å². The Bertz CT molecular complexity index is 2260. The molecule has 9 rings (SSSR count). The molecule has 1 fully saturated rings. The summed E-state index contributed by atoms with van der Waals surface area (Å²) in [4.78, 5) is 4.99. The predicted molar refractivity (Wildman–Crippen MR) is 186 cm³/mol. The van der Waals surface area contributed by atoms with Gasteiger partial charge in [-0.1, -0.05) is 109 Å². The van der Waals surface area contributed by atoms with Crippen molar-refractivity contribution in [1.82, 2.24) is 9.55 Å². The third-order valence-electron chi connectivity index (χ3n) is 9.85. The van der Waals surface area contributed by atoms with Crippen LogP contribution in [0.2, 0.25) is 0 Å². The van der Waals surface area contributed by atoms with Crippen molar-refractivity contribution in [3.05, 3.63) is 151 Å². The largest absolute Gasteiger partial charge is 2.00 e. The van der Waals surface area contributed by atoms with Gasteiger partial charge in [-0.05, 0) is 47.3 Å². The quantitative estimate of drug-likeness (QED) is 0.129. The van der Waals surface area contributed by atoms with E-state index in [-0.39, 0.29) is 21.1 Å². The Balaban J connectivity index is 0.00000324. The average molecular weight is 810 g/mol. The second kappa shape index (κ2) is 12.1. The fraction of sp³-hybridized carbons (Fsp3) is 0.146. The molecule has 7 aromatic rings. The summed E-state index contributed by atoms with van der Waals surface area (Å²) in [7, 11) is -3.19. The molecule has 5 aromatic carbocycles. The summed E-state index contributed by atoms with van der Waals surface area (Å²) >= 11 is 0. The van der Waals surface area contributed by atoms with E-state index in [1.165, 1.54) is 47.7 Å². The Morgan fingerprint density at radius 1 is 0.660 bits per heavy atom. The maximum absolute atomic E-state index is 15.0. The van der Waals surface area contributed by atoms with E-state index in [4.69, 9.17) is 9.72 Å². The molecular weight excluding hydrogens is 779 g/mol. The average Bonchev–Trinajstić information content (AvgIpc) is 3.39. The van der Waals surface area contributed by atoms with E-state index in [2.05, 4.69) is 53.1 Å². The Hall–Kier alpha value is -4.23. The summed E-state index contributed by atoms with van der Waals surface area (Å²) in [5.41, 5.74) is 4.92. The first-order chi connectivity index (χ1) is 22.7. The summed E-state index contributed by atoms with van der Waals surface area (Å²) < 4.78 is 23.8. The van der Waals surface area contributed by atoms with Crippen molar-refractivity contribution in [3.63, 3.8) is 0 Å². The fourth-order valence-electron chi connectivity index (χ4n) is 7.83. The number of ether oxygens (including phenoxy) is 1. The van der Waals surface area contributed by atoms with Crippen LogP contribution in [0.4, 0.5) is 0 Å². The molecular formula is C41H31N2O2PPt. The zero-order valence-electron chi connectivity index (χ0n) is 25.6. The maximum Gasteiger partial charge on any atom is 2.00 e. The van der Waals surface area contributed by atoms with Crippen LogP contribution in [-0.2, 0) is 25.6 Å². The van der Waals surface area contributed by atoms with E-state index in [1.807, 2.05) is 91.1 Å². The number of rotatable bonds is 5. The Morgan fingerprint density at radius 3 is 2.06 bits per heavy atom. The van der Waals surface area contributed by atoms with Gasteiger partial charge >= 0.3 is 21.1 Å². The third kappa shape index (κ3) is 4.84. The second-order valence-electron chi connectivity index (χ2n) is 12.4. The van der Waals surface area contributed by atoms with E-state index in [1.54, 1.807) is 0 Å². The number of pyridine rings is 1. The Morgan fingerprint density at radius 2 is 1.32 bits per heavy atom. The van der Waals surface area contributed by atoms with Crippen LogP contribution >= 0.6 is 7.14 Å². The third-order valence-corrected chi connectivity index (χ3v) is 12.8. The van der Waals surface area contributed by atoms with Gasteiger partial charge in [0, 0.05) is 33.8 Å². The van der Waals surface area contributed by atoms with E-state index in [0.29, 0.717) is 28.6 Å². The Kier molecular flexibility index (Phi) is 7.75. The van der Waals surface area contributed by atoms with Gasteiger partial charge in [0.2, 0.25) is 0 Å². The zero-order valence-corrected chi connectivity index (χ0v) is 28.7. The molecule has 0 radical (unpaired) electrons. The van der Waals surface area contributed by atoms with Gasteiger partial charge in [-0.3, -0.25) is 0 Å². The fourth-order valence-corrected chi connectivity index (χ4v) is 10.4. The SMILES string of the molecule is O=P(c1[c-]c(Oc2[c-]c3c(cc2)c2cccc4c2n3-c2ncccc2C2CCCCC42)ccc1)(c1ccccc1)c1ccccc1.[Pt+2]. The molecule has 2 aromatic heterocycles. The topological polar surface area (TPSA) is 44.1 Å². The molecule has 2 aliphatic rings. The van der Waals surface area contributed by atoms with Crippen molar-refractivity contribution in [2.24, 2.45) is 0 Å². The van der Waals surface area contributed by atoms with Gasteiger partial charge < -0.3 is 13.9 Å². The van der Waals surface area contributed by atoms with E-state index < -0.39 is 7.14 Å². The minimum Gasteiger partial charge on any atom is -0.509 e. The summed E-state index contributed by atoms with van der Waals surface area (Å²) in [6.45, 7) is 0. The van der Waals surface area contributed by atoms with Gasteiger partial charge in [0.25, 0.3) is 0 Å². The minimum absolute atomic E-state index is 0. The van der Waals surface area contributed by atoms with Crippen molar-refractivity contribution < 1.29 is 30.4 Å². The molecule has 232 valence electrons. The van der Waals surface area contributed by atoms with Crippen LogP contribution in [0.5, 0.6) is 11.5 Å². The molecule has 47 heavy (non-hydrogen) atoms. The van der Waals surface area contributed by atoms with Gasteiger partial charge in [-0.15, -0.1) is 29.7 Å². The van der Waals surface area contributed by atoms with Crippen LogP contribution in [0.25, 0.3) is 27.6 Å². The molecule has 0 saturated heterocycles. The van der Waals surface area contributed by atoms with Crippen LogP contribution in [0.3, 0.4) is 0 Å². The van der Waals surface area contributed by atoms with Crippen LogP contribution < -0.4 is 20.7 Å². The normalized spacial score (nSPS) is 16.9.